The maximum atomic E-state index is 5.36. The van der Waals surface area contributed by atoms with Crippen LogP contribution >= 0.6 is 0 Å². The van der Waals surface area contributed by atoms with Gasteiger partial charge in [0.2, 0.25) is 0 Å². The summed E-state index contributed by atoms with van der Waals surface area (Å²) < 4.78 is 5.36. The van der Waals surface area contributed by atoms with Gasteiger partial charge in [0.05, 0.1) is 7.11 Å². The van der Waals surface area contributed by atoms with Gasteiger partial charge < -0.3 is 10.1 Å². The number of hydrogen-bond acceptors (Lipinski definition) is 2. The molecule has 0 spiro atoms. The molecule has 1 aliphatic rings. The van der Waals surface area contributed by atoms with Gasteiger partial charge in [0.15, 0.2) is 0 Å². The maximum Gasteiger partial charge on any atom is 0.119 e. The molecule has 106 valence electrons. The summed E-state index contributed by atoms with van der Waals surface area (Å²) in [7, 11) is 3.81. The van der Waals surface area contributed by atoms with Crippen LogP contribution in [0.15, 0.2) is 24.3 Å². The molecule has 2 heteroatoms. The number of rotatable bonds is 4. The first-order valence-electron chi connectivity index (χ1n) is 7.39. The van der Waals surface area contributed by atoms with Gasteiger partial charge in [-0.05, 0) is 48.9 Å². The van der Waals surface area contributed by atoms with Crippen LogP contribution < -0.4 is 10.1 Å². The first-order valence-corrected chi connectivity index (χ1v) is 7.39. The summed E-state index contributed by atoms with van der Waals surface area (Å²) in [5, 5.41) is 3.54. The molecule has 1 aromatic carbocycles. The summed E-state index contributed by atoms with van der Waals surface area (Å²) in [6.07, 6.45) is 5.38. The van der Waals surface area contributed by atoms with Crippen molar-refractivity contribution < 1.29 is 4.74 Å². The summed E-state index contributed by atoms with van der Waals surface area (Å²) in [4.78, 5) is 0. The molecule has 1 aromatic rings. The van der Waals surface area contributed by atoms with Crippen LogP contribution in [-0.2, 0) is 0 Å². The lowest BCUT2D eigenvalue weighted by molar-refractivity contribution is 0.101. The predicted molar refractivity (Wildman–Crippen MR) is 80.5 cm³/mol. The summed E-state index contributed by atoms with van der Waals surface area (Å²) >= 11 is 0. The van der Waals surface area contributed by atoms with Gasteiger partial charge in [-0.1, -0.05) is 38.8 Å². The molecule has 0 aromatic heterocycles. The summed E-state index contributed by atoms with van der Waals surface area (Å²) in [5.41, 5.74) is 1.76. The van der Waals surface area contributed by atoms with Crippen molar-refractivity contribution in [2.24, 2.45) is 11.3 Å². The molecule has 0 aliphatic heterocycles. The van der Waals surface area contributed by atoms with Crippen molar-refractivity contribution in [3.8, 4) is 5.75 Å². The molecular weight excluding hydrogens is 234 g/mol. The van der Waals surface area contributed by atoms with Gasteiger partial charge in [0.1, 0.15) is 5.75 Å². The van der Waals surface area contributed by atoms with Gasteiger partial charge in [-0.15, -0.1) is 0 Å². The van der Waals surface area contributed by atoms with E-state index in [-0.39, 0.29) is 0 Å². The quantitative estimate of drug-likeness (QED) is 0.878. The topological polar surface area (TPSA) is 21.3 Å². The lowest BCUT2D eigenvalue weighted by atomic mass is 9.65. The van der Waals surface area contributed by atoms with E-state index in [4.69, 9.17) is 4.74 Å². The van der Waals surface area contributed by atoms with E-state index < -0.39 is 0 Å². The third-order valence-corrected chi connectivity index (χ3v) is 4.76. The fourth-order valence-electron chi connectivity index (χ4n) is 3.57. The molecule has 1 N–H and O–H groups in total. The van der Waals surface area contributed by atoms with Gasteiger partial charge in [0, 0.05) is 6.04 Å². The Hall–Kier alpha value is -1.02. The maximum absolute atomic E-state index is 5.36. The summed E-state index contributed by atoms with van der Waals surface area (Å²) in [6.45, 7) is 4.84. The first kappa shape index (κ1) is 14.4. The Kier molecular flexibility index (Phi) is 4.51. The lowest BCUT2D eigenvalue weighted by Gasteiger charge is -2.43. The van der Waals surface area contributed by atoms with Gasteiger partial charge in [-0.3, -0.25) is 0 Å². The van der Waals surface area contributed by atoms with Crippen molar-refractivity contribution in [3.05, 3.63) is 29.8 Å². The van der Waals surface area contributed by atoms with Gasteiger partial charge in [-0.25, -0.2) is 0 Å². The molecule has 1 aliphatic carbocycles. The molecule has 0 amide bonds. The normalized spacial score (nSPS) is 23.9. The standard InChI is InChI=1S/C17H27NO/c1-17(2)11-6-5-10-15(17)16(18-3)13-8-7-9-14(12-13)19-4/h7-9,12,15-16,18H,5-6,10-11H2,1-4H3. The Bertz CT molecular complexity index is 413. The molecule has 2 nitrogen and oxygen atoms in total. The molecule has 0 radical (unpaired) electrons. The highest BCUT2D eigenvalue weighted by atomic mass is 16.5. The highest BCUT2D eigenvalue weighted by molar-refractivity contribution is 5.31. The lowest BCUT2D eigenvalue weighted by Crippen LogP contribution is -2.37. The third-order valence-electron chi connectivity index (χ3n) is 4.76. The number of hydrogen-bond donors (Lipinski definition) is 1. The second-order valence-corrected chi connectivity index (χ2v) is 6.38. The Morgan fingerprint density at radius 3 is 2.74 bits per heavy atom. The van der Waals surface area contributed by atoms with Crippen LogP contribution in [0.1, 0.15) is 51.1 Å². The Labute approximate surface area is 117 Å². The molecule has 0 heterocycles. The van der Waals surface area contributed by atoms with Gasteiger partial charge in [0.25, 0.3) is 0 Å². The number of methoxy groups -OCH3 is 1. The first-order chi connectivity index (χ1) is 9.08. The Morgan fingerprint density at radius 1 is 1.32 bits per heavy atom. The number of nitrogens with one attached hydrogen (secondary N) is 1. The van der Waals surface area contributed by atoms with E-state index >= 15 is 0 Å². The van der Waals surface area contributed by atoms with Crippen molar-refractivity contribution in [1.29, 1.82) is 0 Å². The summed E-state index contributed by atoms with van der Waals surface area (Å²) in [6, 6.07) is 8.92. The van der Waals surface area contributed by atoms with Crippen molar-refractivity contribution in [3.63, 3.8) is 0 Å². The van der Waals surface area contributed by atoms with Gasteiger partial charge in [-0.2, -0.15) is 0 Å². The minimum Gasteiger partial charge on any atom is -0.497 e. The summed E-state index contributed by atoms with van der Waals surface area (Å²) in [5.74, 6) is 1.64. The van der Waals surface area contributed by atoms with Gasteiger partial charge >= 0.3 is 0 Å². The minimum atomic E-state index is 0.412. The molecule has 19 heavy (non-hydrogen) atoms. The molecule has 1 saturated carbocycles. The number of benzene rings is 1. The van der Waals surface area contributed by atoms with Crippen LogP contribution in [0.3, 0.4) is 0 Å². The largest absolute Gasteiger partial charge is 0.497 e. The molecule has 0 saturated heterocycles. The van der Waals surface area contributed by atoms with E-state index in [1.807, 2.05) is 6.07 Å². The van der Waals surface area contributed by atoms with Crippen LogP contribution in [0, 0.1) is 11.3 Å². The fourth-order valence-corrected chi connectivity index (χ4v) is 3.57. The zero-order chi connectivity index (χ0) is 13.9. The molecule has 2 atom stereocenters. The monoisotopic (exact) mass is 261 g/mol. The van der Waals surface area contributed by atoms with E-state index in [0.717, 1.165) is 5.75 Å². The second-order valence-electron chi connectivity index (χ2n) is 6.38. The van der Waals surface area contributed by atoms with E-state index in [1.165, 1.54) is 31.2 Å². The Balaban J connectivity index is 2.27. The highest BCUT2D eigenvalue weighted by Crippen LogP contribution is 2.46. The average molecular weight is 261 g/mol. The predicted octanol–water partition coefficient (Wildman–Crippen LogP) is 4.17. The van der Waals surface area contributed by atoms with Crippen molar-refractivity contribution in [2.75, 3.05) is 14.2 Å². The van der Waals surface area contributed by atoms with Crippen LogP contribution in [0.25, 0.3) is 0 Å². The minimum absolute atomic E-state index is 0.412. The highest BCUT2D eigenvalue weighted by Gasteiger charge is 2.37. The third kappa shape index (κ3) is 3.11. The van der Waals surface area contributed by atoms with Crippen molar-refractivity contribution in [2.45, 2.75) is 45.6 Å². The van der Waals surface area contributed by atoms with E-state index in [1.54, 1.807) is 7.11 Å². The van der Waals surface area contributed by atoms with Crippen LogP contribution in [0.4, 0.5) is 0 Å². The fraction of sp³-hybridized carbons (Fsp3) is 0.647. The Morgan fingerprint density at radius 2 is 2.11 bits per heavy atom. The zero-order valence-corrected chi connectivity index (χ0v) is 12.7. The molecule has 2 rings (SSSR count). The van der Waals surface area contributed by atoms with Crippen LogP contribution in [-0.4, -0.2) is 14.2 Å². The van der Waals surface area contributed by atoms with Crippen molar-refractivity contribution >= 4 is 0 Å². The van der Waals surface area contributed by atoms with E-state index in [2.05, 4.69) is 44.4 Å². The van der Waals surface area contributed by atoms with Crippen LogP contribution in [0.2, 0.25) is 0 Å². The van der Waals surface area contributed by atoms with E-state index in [0.29, 0.717) is 17.4 Å². The molecule has 1 fully saturated rings. The molecule has 0 bridgehead atoms. The second kappa shape index (κ2) is 5.96. The number of ether oxygens (including phenoxy) is 1. The van der Waals surface area contributed by atoms with E-state index in [9.17, 15) is 0 Å². The smallest absolute Gasteiger partial charge is 0.119 e. The van der Waals surface area contributed by atoms with Crippen molar-refractivity contribution in [1.82, 2.24) is 5.32 Å². The zero-order valence-electron chi connectivity index (χ0n) is 12.7. The molecular formula is C17H27NO. The molecule has 2 unspecified atom stereocenters. The van der Waals surface area contributed by atoms with Crippen LogP contribution in [0.5, 0.6) is 5.75 Å². The average Bonchev–Trinajstić information content (AvgIpc) is 2.41. The SMILES string of the molecule is CNC(c1cccc(OC)c1)C1CCCCC1(C)C.